The van der Waals surface area contributed by atoms with Gasteiger partial charge in [0, 0.05) is 13.1 Å². The normalized spacial score (nSPS) is 17.8. The van der Waals surface area contributed by atoms with Gasteiger partial charge in [-0.3, -0.25) is 0 Å². The summed E-state index contributed by atoms with van der Waals surface area (Å²) >= 11 is 0. The van der Waals surface area contributed by atoms with E-state index in [1.165, 1.54) is 49.8 Å². The molecule has 1 fully saturated rings. The van der Waals surface area contributed by atoms with Crippen molar-refractivity contribution in [2.75, 3.05) is 17.7 Å². The number of hydrogen-bond acceptors (Lipinski definition) is 2. The first-order chi connectivity index (χ1) is 8.18. The van der Waals surface area contributed by atoms with Crippen LogP contribution in [0.1, 0.15) is 44.1 Å². The quantitative estimate of drug-likeness (QED) is 0.622. The maximum absolute atomic E-state index is 6.09. The lowest BCUT2D eigenvalue weighted by Gasteiger charge is -2.30. The Bertz CT molecular complexity index is 365. The van der Waals surface area contributed by atoms with Crippen molar-refractivity contribution in [3.05, 3.63) is 23.8 Å². The Morgan fingerprint density at radius 2 is 1.76 bits per heavy atom. The van der Waals surface area contributed by atoms with Crippen LogP contribution in [0.25, 0.3) is 0 Å². The molecule has 2 rings (SSSR count). The van der Waals surface area contributed by atoms with E-state index in [1.807, 2.05) is 6.07 Å². The molecule has 2 nitrogen and oxygen atoms in total. The zero-order valence-corrected chi connectivity index (χ0v) is 11.1. The van der Waals surface area contributed by atoms with Gasteiger partial charge in [0.25, 0.3) is 0 Å². The molecule has 1 aliphatic rings. The van der Waals surface area contributed by atoms with Crippen molar-refractivity contribution in [3.8, 4) is 0 Å². The van der Waals surface area contributed by atoms with Crippen molar-refractivity contribution in [1.82, 2.24) is 0 Å². The second-order valence-electron chi connectivity index (χ2n) is 5.32. The summed E-state index contributed by atoms with van der Waals surface area (Å²) < 4.78 is 0. The first-order valence-electron chi connectivity index (χ1n) is 6.77. The summed E-state index contributed by atoms with van der Waals surface area (Å²) in [5.74, 6) is 0. The number of rotatable bonds is 2. The monoisotopic (exact) mass is 232 g/mol. The number of anilines is 2. The molecular weight excluding hydrogens is 208 g/mol. The summed E-state index contributed by atoms with van der Waals surface area (Å²) in [7, 11) is 2.20. The Morgan fingerprint density at radius 3 is 2.41 bits per heavy atom. The smallest absolute Gasteiger partial charge is 0.0602 e. The molecule has 1 aliphatic carbocycles. The van der Waals surface area contributed by atoms with E-state index in [2.05, 4.69) is 31.0 Å². The predicted molar refractivity (Wildman–Crippen MR) is 75.5 cm³/mol. The highest BCUT2D eigenvalue weighted by Crippen LogP contribution is 2.29. The lowest BCUT2D eigenvalue weighted by Crippen LogP contribution is -2.31. The van der Waals surface area contributed by atoms with Crippen LogP contribution in [0.4, 0.5) is 11.4 Å². The third-order valence-electron chi connectivity index (χ3n) is 3.94. The highest BCUT2D eigenvalue weighted by Gasteiger charge is 2.18. The van der Waals surface area contributed by atoms with E-state index in [0.717, 1.165) is 5.69 Å². The van der Waals surface area contributed by atoms with Crippen molar-refractivity contribution in [2.24, 2.45) is 0 Å². The molecule has 0 aromatic heterocycles. The van der Waals surface area contributed by atoms with Gasteiger partial charge in [-0.2, -0.15) is 0 Å². The highest BCUT2D eigenvalue weighted by molar-refractivity contribution is 5.68. The van der Waals surface area contributed by atoms with Gasteiger partial charge in [-0.05, 0) is 37.5 Å². The second kappa shape index (κ2) is 5.44. The zero-order valence-electron chi connectivity index (χ0n) is 11.1. The van der Waals surface area contributed by atoms with Gasteiger partial charge in [-0.25, -0.2) is 0 Å². The minimum Gasteiger partial charge on any atom is -0.397 e. The first kappa shape index (κ1) is 12.3. The molecule has 0 radical (unpaired) electrons. The van der Waals surface area contributed by atoms with E-state index in [0.29, 0.717) is 6.04 Å². The Balaban J connectivity index is 2.16. The van der Waals surface area contributed by atoms with Gasteiger partial charge < -0.3 is 10.6 Å². The molecule has 1 saturated carbocycles. The van der Waals surface area contributed by atoms with Crippen LogP contribution in [-0.2, 0) is 0 Å². The summed E-state index contributed by atoms with van der Waals surface area (Å²) in [5, 5.41) is 0. The van der Waals surface area contributed by atoms with Crippen LogP contribution >= 0.6 is 0 Å². The van der Waals surface area contributed by atoms with E-state index in [9.17, 15) is 0 Å². The fourth-order valence-electron chi connectivity index (χ4n) is 2.80. The summed E-state index contributed by atoms with van der Waals surface area (Å²) in [6.07, 6.45) is 8.14. The highest BCUT2D eigenvalue weighted by atomic mass is 15.1. The van der Waals surface area contributed by atoms with Gasteiger partial charge in [0.15, 0.2) is 0 Å². The molecule has 2 N–H and O–H groups in total. The average Bonchev–Trinajstić information content (AvgIpc) is 2.60. The van der Waals surface area contributed by atoms with Gasteiger partial charge in [0.05, 0.1) is 11.4 Å². The maximum atomic E-state index is 6.09. The number of hydrogen-bond donors (Lipinski definition) is 1. The summed E-state index contributed by atoms with van der Waals surface area (Å²) in [6.45, 7) is 2.13. The lowest BCUT2D eigenvalue weighted by molar-refractivity contribution is 0.553. The van der Waals surface area contributed by atoms with Gasteiger partial charge in [-0.1, -0.05) is 31.7 Å². The van der Waals surface area contributed by atoms with E-state index in [-0.39, 0.29) is 0 Å². The van der Waals surface area contributed by atoms with E-state index in [4.69, 9.17) is 5.73 Å². The van der Waals surface area contributed by atoms with Crippen molar-refractivity contribution in [3.63, 3.8) is 0 Å². The zero-order chi connectivity index (χ0) is 12.3. The molecule has 94 valence electrons. The van der Waals surface area contributed by atoms with E-state index >= 15 is 0 Å². The standard InChI is InChI=1S/C15H24N2/c1-12-9-10-14(16)15(11-12)17(2)13-7-5-3-4-6-8-13/h9-11,13H,3-8,16H2,1-2H3. The first-order valence-corrected chi connectivity index (χ1v) is 6.77. The number of aryl methyl sites for hydroxylation is 1. The Morgan fingerprint density at radius 1 is 1.12 bits per heavy atom. The van der Waals surface area contributed by atoms with E-state index in [1.54, 1.807) is 0 Å². The van der Waals surface area contributed by atoms with Crippen LogP contribution in [0.15, 0.2) is 18.2 Å². The minimum atomic E-state index is 0.668. The minimum absolute atomic E-state index is 0.668. The Hall–Kier alpha value is -1.18. The number of benzene rings is 1. The van der Waals surface area contributed by atoms with Gasteiger partial charge in [0.1, 0.15) is 0 Å². The van der Waals surface area contributed by atoms with Crippen molar-refractivity contribution >= 4 is 11.4 Å². The summed E-state index contributed by atoms with van der Waals surface area (Å²) in [5.41, 5.74) is 9.49. The van der Waals surface area contributed by atoms with Gasteiger partial charge in [0.2, 0.25) is 0 Å². The predicted octanol–water partition coefficient (Wildman–Crippen LogP) is 3.74. The molecule has 0 amide bonds. The molecule has 0 heterocycles. The molecule has 0 unspecified atom stereocenters. The average molecular weight is 232 g/mol. The van der Waals surface area contributed by atoms with Crippen molar-refractivity contribution in [1.29, 1.82) is 0 Å². The van der Waals surface area contributed by atoms with Crippen LogP contribution in [-0.4, -0.2) is 13.1 Å². The van der Waals surface area contributed by atoms with Gasteiger partial charge >= 0.3 is 0 Å². The molecule has 0 saturated heterocycles. The van der Waals surface area contributed by atoms with Crippen molar-refractivity contribution < 1.29 is 0 Å². The third-order valence-corrected chi connectivity index (χ3v) is 3.94. The summed E-state index contributed by atoms with van der Waals surface area (Å²) in [4.78, 5) is 2.40. The molecule has 17 heavy (non-hydrogen) atoms. The third kappa shape index (κ3) is 2.93. The molecule has 2 heteroatoms. The largest absolute Gasteiger partial charge is 0.397 e. The number of nitrogens with two attached hydrogens (primary N) is 1. The van der Waals surface area contributed by atoms with Crippen molar-refractivity contribution in [2.45, 2.75) is 51.5 Å². The molecule has 1 aromatic carbocycles. The Labute approximate surface area is 105 Å². The number of nitrogens with zero attached hydrogens (tertiary/aromatic N) is 1. The van der Waals surface area contributed by atoms with Crippen LogP contribution in [0.2, 0.25) is 0 Å². The molecular formula is C15H24N2. The van der Waals surface area contributed by atoms with Crippen LogP contribution in [0.3, 0.4) is 0 Å². The lowest BCUT2D eigenvalue weighted by atomic mass is 10.1. The van der Waals surface area contributed by atoms with E-state index < -0.39 is 0 Å². The van der Waals surface area contributed by atoms with Crippen LogP contribution < -0.4 is 10.6 Å². The number of nitrogen functional groups attached to an aromatic ring is 1. The SMILES string of the molecule is Cc1ccc(N)c(N(C)C2CCCCCC2)c1. The molecule has 0 aliphatic heterocycles. The molecule has 1 aromatic rings. The Kier molecular flexibility index (Phi) is 3.93. The molecule has 0 spiro atoms. The summed E-state index contributed by atoms with van der Waals surface area (Å²) in [6, 6.07) is 6.99. The van der Waals surface area contributed by atoms with Crippen LogP contribution in [0.5, 0.6) is 0 Å². The molecule has 0 bridgehead atoms. The molecule has 0 atom stereocenters. The topological polar surface area (TPSA) is 29.3 Å². The fourth-order valence-corrected chi connectivity index (χ4v) is 2.80. The second-order valence-corrected chi connectivity index (χ2v) is 5.32. The van der Waals surface area contributed by atoms with Crippen LogP contribution in [0, 0.1) is 6.92 Å². The fraction of sp³-hybridized carbons (Fsp3) is 0.600. The van der Waals surface area contributed by atoms with Gasteiger partial charge in [-0.15, -0.1) is 0 Å². The maximum Gasteiger partial charge on any atom is 0.0602 e.